The molecule has 10 nitrogen and oxygen atoms in total. The zero-order chi connectivity index (χ0) is 21.0. The number of aromatic nitrogens is 3. The van der Waals surface area contributed by atoms with Crippen LogP contribution in [-0.4, -0.2) is 25.8 Å². The molecule has 10 heteroatoms. The minimum Gasteiger partial charge on any atom is -0.454 e. The number of carbonyl (C=O) groups excluding carboxylic acids is 1. The normalized spacial score (nSPS) is 10.4. The van der Waals surface area contributed by atoms with E-state index in [-0.39, 0.29) is 35.6 Å². The molecule has 1 heterocycles. The van der Waals surface area contributed by atoms with Gasteiger partial charge in [-0.15, -0.1) is 0 Å². The van der Waals surface area contributed by atoms with Crippen molar-refractivity contribution in [1.29, 1.82) is 0 Å². The van der Waals surface area contributed by atoms with E-state index in [0.717, 1.165) is 11.3 Å². The maximum Gasteiger partial charge on any atom is 0.338 e. The van der Waals surface area contributed by atoms with Gasteiger partial charge in [0.2, 0.25) is 11.9 Å². The van der Waals surface area contributed by atoms with E-state index in [2.05, 4.69) is 20.3 Å². The molecule has 3 aromatic rings. The van der Waals surface area contributed by atoms with Crippen molar-refractivity contribution in [3.8, 4) is 0 Å². The number of benzene rings is 2. The first-order valence-corrected chi connectivity index (χ1v) is 8.58. The van der Waals surface area contributed by atoms with E-state index in [4.69, 9.17) is 10.5 Å². The molecule has 0 saturated carbocycles. The highest BCUT2D eigenvalue weighted by Crippen LogP contribution is 2.20. The minimum absolute atomic E-state index is 0.0355. The van der Waals surface area contributed by atoms with Crippen LogP contribution in [0.5, 0.6) is 0 Å². The van der Waals surface area contributed by atoms with Crippen LogP contribution in [-0.2, 0) is 11.3 Å². The molecule has 0 saturated heterocycles. The molecule has 0 fully saturated rings. The number of carbonyl (C=O) groups is 1. The summed E-state index contributed by atoms with van der Waals surface area (Å²) in [6.45, 7) is 3.29. The molecule has 0 radical (unpaired) electrons. The molecule has 0 unspecified atom stereocenters. The Labute approximate surface area is 165 Å². The molecule has 148 valence electrons. The van der Waals surface area contributed by atoms with Crippen LogP contribution >= 0.6 is 0 Å². The number of nitrogens with one attached hydrogen (secondary N) is 1. The number of esters is 1. The Balaban J connectivity index is 1.71. The van der Waals surface area contributed by atoms with Crippen LogP contribution < -0.4 is 11.1 Å². The molecule has 0 aliphatic carbocycles. The van der Waals surface area contributed by atoms with Gasteiger partial charge in [-0.3, -0.25) is 10.1 Å². The summed E-state index contributed by atoms with van der Waals surface area (Å²) < 4.78 is 5.17. The Hall–Kier alpha value is -4.08. The fraction of sp³-hybridized carbons (Fsp3) is 0.158. The fourth-order valence-electron chi connectivity index (χ4n) is 2.47. The van der Waals surface area contributed by atoms with E-state index in [1.54, 1.807) is 6.92 Å². The monoisotopic (exact) mass is 394 g/mol. The zero-order valence-corrected chi connectivity index (χ0v) is 15.7. The van der Waals surface area contributed by atoms with Crippen LogP contribution in [0.15, 0.2) is 42.5 Å². The SMILES string of the molecule is Cc1ccc(Nc2nc(N)nc(COC(=O)c3ccc(C)c([N+](=O)[O-])c3)n2)cc1. The van der Waals surface area contributed by atoms with Gasteiger partial charge in [0.05, 0.1) is 10.5 Å². The van der Waals surface area contributed by atoms with Crippen molar-refractivity contribution in [1.82, 2.24) is 15.0 Å². The molecule has 29 heavy (non-hydrogen) atoms. The molecule has 0 aliphatic heterocycles. The molecule has 3 rings (SSSR count). The summed E-state index contributed by atoms with van der Waals surface area (Å²) in [6, 6.07) is 11.7. The van der Waals surface area contributed by atoms with E-state index in [1.807, 2.05) is 31.2 Å². The van der Waals surface area contributed by atoms with Crippen LogP contribution in [0.25, 0.3) is 0 Å². The summed E-state index contributed by atoms with van der Waals surface area (Å²) in [6.07, 6.45) is 0. The first kappa shape index (κ1) is 19.7. The predicted octanol–water partition coefficient (Wildman–Crippen LogP) is 3.08. The number of anilines is 3. The summed E-state index contributed by atoms with van der Waals surface area (Å²) in [7, 11) is 0. The van der Waals surface area contributed by atoms with Crippen LogP contribution in [0, 0.1) is 24.0 Å². The maximum absolute atomic E-state index is 12.2. The number of nitro groups is 1. The Morgan fingerprint density at radius 1 is 1.14 bits per heavy atom. The van der Waals surface area contributed by atoms with Gasteiger partial charge in [0, 0.05) is 17.3 Å². The van der Waals surface area contributed by atoms with E-state index in [9.17, 15) is 14.9 Å². The number of rotatable bonds is 6. The Morgan fingerprint density at radius 3 is 2.55 bits per heavy atom. The Bertz CT molecular complexity index is 1070. The van der Waals surface area contributed by atoms with Crippen molar-refractivity contribution in [3.05, 3.63) is 75.1 Å². The van der Waals surface area contributed by atoms with Gasteiger partial charge in [-0.25, -0.2) is 4.79 Å². The lowest BCUT2D eigenvalue weighted by Gasteiger charge is -2.08. The van der Waals surface area contributed by atoms with Crippen molar-refractivity contribution in [3.63, 3.8) is 0 Å². The average molecular weight is 394 g/mol. The number of nitrogen functional groups attached to an aromatic ring is 1. The summed E-state index contributed by atoms with van der Waals surface area (Å²) in [5.41, 5.74) is 7.92. The van der Waals surface area contributed by atoms with Crippen LogP contribution in [0.2, 0.25) is 0 Å². The lowest BCUT2D eigenvalue weighted by molar-refractivity contribution is -0.385. The number of ether oxygens (including phenoxy) is 1. The van der Waals surface area contributed by atoms with E-state index >= 15 is 0 Å². The molecule has 0 aliphatic rings. The maximum atomic E-state index is 12.2. The van der Waals surface area contributed by atoms with Gasteiger partial charge in [0.1, 0.15) is 0 Å². The number of nitrogens with two attached hydrogens (primary N) is 1. The largest absolute Gasteiger partial charge is 0.454 e. The highest BCUT2D eigenvalue weighted by Gasteiger charge is 2.16. The molecule has 2 aromatic carbocycles. The highest BCUT2D eigenvalue weighted by molar-refractivity contribution is 5.90. The number of nitro benzene ring substituents is 1. The molecule has 0 bridgehead atoms. The minimum atomic E-state index is -0.736. The molecule has 3 N–H and O–H groups in total. The van der Waals surface area contributed by atoms with Gasteiger partial charge >= 0.3 is 5.97 Å². The molecular formula is C19H18N6O4. The van der Waals surface area contributed by atoms with Crippen LogP contribution in [0.4, 0.5) is 23.3 Å². The van der Waals surface area contributed by atoms with Crippen LogP contribution in [0.1, 0.15) is 27.3 Å². The van der Waals surface area contributed by atoms with Gasteiger partial charge in [-0.2, -0.15) is 15.0 Å². The van der Waals surface area contributed by atoms with E-state index in [1.165, 1.54) is 18.2 Å². The van der Waals surface area contributed by atoms with E-state index in [0.29, 0.717) is 5.56 Å². The fourth-order valence-corrected chi connectivity index (χ4v) is 2.47. The lowest BCUT2D eigenvalue weighted by Crippen LogP contribution is -2.11. The standard InChI is InChI=1S/C19H18N6O4/c1-11-3-7-14(8-4-11)21-19-23-16(22-18(20)24-19)10-29-17(26)13-6-5-12(2)15(9-13)25(27)28/h3-9H,10H2,1-2H3,(H3,20,21,22,23,24). The van der Waals surface area contributed by atoms with Crippen molar-refractivity contribution >= 4 is 29.2 Å². The third kappa shape index (κ3) is 5.01. The van der Waals surface area contributed by atoms with Crippen LogP contribution in [0.3, 0.4) is 0 Å². The highest BCUT2D eigenvalue weighted by atomic mass is 16.6. The van der Waals surface area contributed by atoms with Crippen molar-refractivity contribution in [2.45, 2.75) is 20.5 Å². The smallest absolute Gasteiger partial charge is 0.338 e. The van der Waals surface area contributed by atoms with Gasteiger partial charge in [-0.1, -0.05) is 23.8 Å². The second-order valence-corrected chi connectivity index (χ2v) is 6.26. The molecule has 1 aromatic heterocycles. The molecule has 0 spiro atoms. The van der Waals surface area contributed by atoms with Crippen molar-refractivity contribution < 1.29 is 14.5 Å². The molecule has 0 amide bonds. The third-order valence-electron chi connectivity index (χ3n) is 3.98. The van der Waals surface area contributed by atoms with Crippen molar-refractivity contribution in [2.75, 3.05) is 11.1 Å². The summed E-state index contributed by atoms with van der Waals surface area (Å²) in [5.74, 6) is -0.424. The van der Waals surface area contributed by atoms with Gasteiger partial charge in [0.15, 0.2) is 12.4 Å². The zero-order valence-electron chi connectivity index (χ0n) is 15.7. The average Bonchev–Trinajstić information content (AvgIpc) is 2.67. The molecular weight excluding hydrogens is 376 g/mol. The van der Waals surface area contributed by atoms with Crippen molar-refractivity contribution in [2.24, 2.45) is 0 Å². The van der Waals surface area contributed by atoms with E-state index < -0.39 is 10.9 Å². The number of nitrogens with zero attached hydrogens (tertiary/aromatic N) is 4. The molecule has 0 atom stereocenters. The first-order valence-electron chi connectivity index (χ1n) is 8.58. The third-order valence-corrected chi connectivity index (χ3v) is 3.98. The topological polar surface area (TPSA) is 146 Å². The number of hydrogen-bond donors (Lipinski definition) is 2. The first-order chi connectivity index (χ1) is 13.8. The summed E-state index contributed by atoms with van der Waals surface area (Å²) in [5, 5.41) is 14.0. The second kappa shape index (κ2) is 8.30. The number of hydrogen-bond acceptors (Lipinski definition) is 9. The Kier molecular flexibility index (Phi) is 5.63. The summed E-state index contributed by atoms with van der Waals surface area (Å²) >= 11 is 0. The quantitative estimate of drug-likeness (QED) is 0.366. The van der Waals surface area contributed by atoms with Gasteiger partial charge in [-0.05, 0) is 32.0 Å². The lowest BCUT2D eigenvalue weighted by atomic mass is 10.1. The second-order valence-electron chi connectivity index (χ2n) is 6.26. The summed E-state index contributed by atoms with van der Waals surface area (Å²) in [4.78, 5) is 34.8. The van der Waals surface area contributed by atoms with Gasteiger partial charge < -0.3 is 15.8 Å². The number of aryl methyl sites for hydroxylation is 2. The van der Waals surface area contributed by atoms with Gasteiger partial charge in [0.25, 0.3) is 5.69 Å². The predicted molar refractivity (Wildman–Crippen MR) is 106 cm³/mol. The Morgan fingerprint density at radius 2 is 1.86 bits per heavy atom.